The molecule has 4 bridgehead atoms. The van der Waals surface area contributed by atoms with E-state index in [2.05, 4.69) is 29.3 Å². The molecule has 344 valence electrons. The highest BCUT2D eigenvalue weighted by molar-refractivity contribution is 5.86. The van der Waals surface area contributed by atoms with E-state index in [0.717, 1.165) is 60.7 Å². The van der Waals surface area contributed by atoms with Crippen LogP contribution in [0, 0.1) is 87.3 Å². The van der Waals surface area contributed by atoms with Crippen molar-refractivity contribution in [3.05, 3.63) is 58.7 Å². The van der Waals surface area contributed by atoms with E-state index >= 15 is 0 Å². The minimum absolute atomic E-state index is 0.0734. The molecule has 0 radical (unpaired) electrons. The van der Waals surface area contributed by atoms with Crippen LogP contribution in [0.2, 0.25) is 0 Å². The first kappa shape index (κ1) is 42.5. The maximum absolute atomic E-state index is 14.8. The summed E-state index contributed by atoms with van der Waals surface area (Å²) in [6, 6.07) is 5.79. The van der Waals surface area contributed by atoms with Gasteiger partial charge in [0, 0.05) is 47.3 Å². The highest BCUT2D eigenvalue weighted by Gasteiger charge is 2.84. The summed E-state index contributed by atoms with van der Waals surface area (Å²) in [4.78, 5) is 28.4. The van der Waals surface area contributed by atoms with Crippen LogP contribution in [0.1, 0.15) is 139 Å². The molecular formula is C55H71NO8. The lowest BCUT2D eigenvalue weighted by atomic mass is 9.33. The van der Waals surface area contributed by atoms with E-state index < -0.39 is 63.0 Å². The van der Waals surface area contributed by atoms with Crippen molar-refractivity contribution in [2.45, 2.75) is 170 Å². The number of hydrogen-bond donors (Lipinski definition) is 6. The molecule has 0 aromatic heterocycles. The molecule has 17 unspecified atom stereocenters. The average molecular weight is 874 g/mol. The van der Waals surface area contributed by atoms with Gasteiger partial charge in [-0.2, -0.15) is 0 Å². The summed E-state index contributed by atoms with van der Waals surface area (Å²) in [5.41, 5.74) is -4.01. The van der Waals surface area contributed by atoms with Gasteiger partial charge in [-0.15, -0.1) is 0 Å². The predicted molar refractivity (Wildman–Crippen MR) is 240 cm³/mol. The van der Waals surface area contributed by atoms with Gasteiger partial charge in [-0.05, 0) is 160 Å². The monoisotopic (exact) mass is 874 g/mol. The fourth-order valence-corrected chi connectivity index (χ4v) is 19.8. The Morgan fingerprint density at radius 1 is 0.938 bits per heavy atom. The van der Waals surface area contributed by atoms with Gasteiger partial charge in [-0.3, -0.25) is 0 Å². The van der Waals surface area contributed by atoms with Crippen LogP contribution in [0.15, 0.2) is 42.0 Å². The maximum atomic E-state index is 14.8. The van der Waals surface area contributed by atoms with E-state index in [-0.39, 0.29) is 54.6 Å². The number of aliphatic hydroxyl groups excluding tert-OH is 2. The van der Waals surface area contributed by atoms with Crippen molar-refractivity contribution < 1.29 is 39.9 Å². The Balaban J connectivity index is 1.03. The van der Waals surface area contributed by atoms with Crippen LogP contribution < -0.4 is 5.32 Å². The highest BCUT2D eigenvalue weighted by atomic mass is 16.5. The van der Waals surface area contributed by atoms with Crippen molar-refractivity contribution in [1.29, 1.82) is 0 Å². The van der Waals surface area contributed by atoms with Crippen LogP contribution >= 0.6 is 0 Å². The Morgan fingerprint density at radius 2 is 1.75 bits per heavy atom. The van der Waals surface area contributed by atoms with Gasteiger partial charge in [0.1, 0.15) is 18.0 Å². The molecule has 6 N–H and O–H groups in total. The summed E-state index contributed by atoms with van der Waals surface area (Å²) in [5.74, 6) is 6.05. The zero-order valence-corrected chi connectivity index (χ0v) is 37.9. The molecule has 8 fully saturated rings. The van der Waals surface area contributed by atoms with Crippen molar-refractivity contribution in [3.8, 4) is 11.8 Å². The highest BCUT2D eigenvalue weighted by Crippen LogP contribution is 2.79. The number of aldehydes is 1. The molecule has 2 spiro atoms. The lowest BCUT2D eigenvalue weighted by Gasteiger charge is -2.73. The number of rotatable bonds is 4. The predicted octanol–water partition coefficient (Wildman–Crippen LogP) is 6.49. The van der Waals surface area contributed by atoms with E-state index in [1.54, 1.807) is 6.08 Å². The summed E-state index contributed by atoms with van der Waals surface area (Å²) in [6.45, 7) is -0.102. The minimum Gasteiger partial charge on any atom is -0.454 e. The maximum Gasteiger partial charge on any atom is 0.331 e. The number of ether oxygens (including phenoxy) is 1. The fourth-order valence-electron chi connectivity index (χ4n) is 19.8. The Morgan fingerprint density at radius 3 is 2.52 bits per heavy atom. The smallest absolute Gasteiger partial charge is 0.331 e. The second-order valence-corrected chi connectivity index (χ2v) is 23.7. The quantitative estimate of drug-likeness (QED) is 0.0862. The van der Waals surface area contributed by atoms with Crippen molar-refractivity contribution in [1.82, 2.24) is 5.32 Å². The largest absolute Gasteiger partial charge is 0.454 e. The summed E-state index contributed by atoms with van der Waals surface area (Å²) in [5, 5.41) is 70.1. The van der Waals surface area contributed by atoms with Gasteiger partial charge < -0.3 is 40.4 Å². The van der Waals surface area contributed by atoms with Gasteiger partial charge in [0.2, 0.25) is 0 Å². The summed E-state index contributed by atoms with van der Waals surface area (Å²) in [7, 11) is 1.95. The number of benzene rings is 1. The molecule has 1 aliphatic heterocycles. The number of hydrogen-bond acceptors (Lipinski definition) is 9. The molecule has 64 heavy (non-hydrogen) atoms. The zero-order chi connectivity index (χ0) is 44.0. The second kappa shape index (κ2) is 14.8. The van der Waals surface area contributed by atoms with E-state index in [1.165, 1.54) is 25.7 Å². The van der Waals surface area contributed by atoms with Crippen molar-refractivity contribution in [2.24, 2.45) is 75.4 Å². The van der Waals surface area contributed by atoms with E-state index in [9.17, 15) is 35.1 Å². The van der Waals surface area contributed by atoms with Gasteiger partial charge in [-0.1, -0.05) is 74.7 Å². The third-order valence-electron chi connectivity index (χ3n) is 22.0. The topological polar surface area (TPSA) is 157 Å². The number of nitrogens with one attached hydrogen (secondary N) is 1. The Bertz CT molecular complexity index is 2210. The number of carbonyl (C=O) groups excluding carboxylic acids is 2. The van der Waals surface area contributed by atoms with Crippen LogP contribution in [0.4, 0.5) is 0 Å². The zero-order valence-electron chi connectivity index (χ0n) is 37.9. The average Bonchev–Trinajstić information content (AvgIpc) is 4.10. The minimum atomic E-state index is -1.72. The number of likely N-dealkylation sites (N-methyl/N-ethyl adjacent to an activating group) is 1. The number of carbonyl (C=O) groups is 2. The lowest BCUT2D eigenvalue weighted by molar-refractivity contribution is -0.355. The molecule has 13 rings (SSSR count). The Labute approximate surface area is 379 Å². The first-order chi connectivity index (χ1) is 30.9. The number of allylic oxidation sites excluding steroid dienone is 2. The molecule has 9 heteroatoms. The molecule has 0 saturated heterocycles. The molecule has 11 aliphatic carbocycles. The van der Waals surface area contributed by atoms with Gasteiger partial charge in [0.25, 0.3) is 0 Å². The molecule has 8 saturated carbocycles. The standard InChI is InChI=1S/C55H71NO8/c1-56-44-25-39-33(13-8-15-35(39)29-57)12-4-5-20-51-21-17-45-52(31-58)30-50(18-6-7-19-50)49(60)43-23-34-14-9-16-38(32-10-2-3-11-32)40(34)24-37(55(43,52)63)28-53(45,61)54(51,62)27-36-22-41(44)48-42(47(36)51)26-46(59)64-48/h8-9,13-15,26,31-32,34,36-38,40-41,43-45,47-49,56-57,60-63H,2-3,5-7,10-11,16-25,27-30H2,1H3. The van der Waals surface area contributed by atoms with Crippen LogP contribution in [0.3, 0.4) is 0 Å². The molecule has 1 heterocycles. The molecule has 1 aromatic carbocycles. The molecule has 17 atom stereocenters. The normalized spacial score (nSPS) is 49.5. The van der Waals surface area contributed by atoms with Crippen LogP contribution in [-0.2, 0) is 27.4 Å². The number of esters is 1. The second-order valence-electron chi connectivity index (χ2n) is 23.7. The molecule has 0 amide bonds. The van der Waals surface area contributed by atoms with E-state index in [4.69, 9.17) is 4.74 Å². The van der Waals surface area contributed by atoms with Crippen LogP contribution in [0.25, 0.3) is 0 Å². The summed E-state index contributed by atoms with van der Waals surface area (Å²) in [6.07, 6.45) is 21.2. The van der Waals surface area contributed by atoms with Crippen LogP contribution in [-0.4, -0.2) is 79.9 Å². The first-order valence-corrected chi connectivity index (χ1v) is 25.7. The number of aliphatic hydroxyl groups is 5. The summed E-state index contributed by atoms with van der Waals surface area (Å²) < 4.78 is 6.32. The number of fused-ring (bicyclic) bond motifs is 7. The Hall–Kier alpha value is -2.84. The Kier molecular flexibility index (Phi) is 9.85. The van der Waals surface area contributed by atoms with Crippen LogP contribution in [0.5, 0.6) is 0 Å². The van der Waals surface area contributed by atoms with Crippen molar-refractivity contribution in [2.75, 3.05) is 7.05 Å². The first-order valence-electron chi connectivity index (χ1n) is 25.7. The summed E-state index contributed by atoms with van der Waals surface area (Å²) >= 11 is 0. The van der Waals surface area contributed by atoms with Gasteiger partial charge in [0.05, 0.1) is 29.3 Å². The molecule has 1 aromatic rings. The van der Waals surface area contributed by atoms with Gasteiger partial charge in [-0.25, -0.2) is 4.79 Å². The molecule has 12 aliphatic rings. The van der Waals surface area contributed by atoms with E-state index in [0.29, 0.717) is 76.0 Å². The van der Waals surface area contributed by atoms with E-state index in [1.807, 2.05) is 25.2 Å². The molecule has 9 nitrogen and oxygen atoms in total. The lowest BCUT2D eigenvalue weighted by Crippen LogP contribution is -2.82. The SMILES string of the molecule is CNC1Cc2c(cccc2CO)C#CCCC23CCC4C(O)(CC5CC6C(C=CCC6C6CCCC6)CC6C(O)C7(CCCC7)CC4(C=O)C56O)C2(O)CC2CC1C1OC(=O)C=C1C23. The van der Waals surface area contributed by atoms with Crippen molar-refractivity contribution in [3.63, 3.8) is 0 Å². The molecular weight excluding hydrogens is 803 g/mol. The third-order valence-corrected chi connectivity index (χ3v) is 22.0. The van der Waals surface area contributed by atoms with Crippen molar-refractivity contribution >= 4 is 12.3 Å². The third kappa shape index (κ3) is 5.36. The fraction of sp³-hybridized carbons (Fsp3) is 0.745. The van der Waals surface area contributed by atoms with Gasteiger partial charge >= 0.3 is 5.97 Å². The van der Waals surface area contributed by atoms with Gasteiger partial charge in [0.15, 0.2) is 0 Å².